The van der Waals surface area contributed by atoms with Crippen LogP contribution in [0.3, 0.4) is 0 Å². The zero-order valence-electron chi connectivity index (χ0n) is 10.9. The van der Waals surface area contributed by atoms with Crippen LogP contribution in [0.25, 0.3) is 0 Å². The lowest BCUT2D eigenvalue weighted by Gasteiger charge is -2.32. The summed E-state index contributed by atoms with van der Waals surface area (Å²) in [6, 6.07) is 5.54. The molecule has 0 radical (unpaired) electrons. The van der Waals surface area contributed by atoms with E-state index in [9.17, 15) is 4.79 Å². The van der Waals surface area contributed by atoms with E-state index in [-0.39, 0.29) is 17.8 Å². The molecular formula is C13H17N5O. The first kappa shape index (κ1) is 13.1. The molecule has 100 valence electrons. The molecule has 1 aromatic heterocycles. The molecule has 2 rings (SSSR count). The summed E-state index contributed by atoms with van der Waals surface area (Å²) in [6.07, 6.45) is 1.97. The second-order valence-corrected chi connectivity index (χ2v) is 4.69. The zero-order chi connectivity index (χ0) is 13.8. The summed E-state index contributed by atoms with van der Waals surface area (Å²) < 4.78 is 0. The summed E-state index contributed by atoms with van der Waals surface area (Å²) in [5.41, 5.74) is 6.05. The normalized spacial score (nSPS) is 18.7. The van der Waals surface area contributed by atoms with Crippen LogP contribution in [0.4, 0.5) is 11.6 Å². The second kappa shape index (κ2) is 5.57. The number of aromatic nitrogens is 1. The van der Waals surface area contributed by atoms with Crippen molar-refractivity contribution in [2.24, 2.45) is 0 Å². The van der Waals surface area contributed by atoms with Gasteiger partial charge in [-0.25, -0.2) is 4.98 Å². The molecule has 0 bridgehead atoms. The van der Waals surface area contributed by atoms with Gasteiger partial charge in [0.25, 0.3) is 0 Å². The van der Waals surface area contributed by atoms with Crippen molar-refractivity contribution < 1.29 is 4.79 Å². The SMILES string of the molecule is CC(=O)N1CCCC(Nc2ccc(C#N)c(N)n2)C1. The zero-order valence-corrected chi connectivity index (χ0v) is 10.9. The molecule has 1 saturated heterocycles. The number of rotatable bonds is 2. The lowest BCUT2D eigenvalue weighted by Crippen LogP contribution is -2.44. The van der Waals surface area contributed by atoms with Crippen molar-refractivity contribution in [1.82, 2.24) is 9.88 Å². The van der Waals surface area contributed by atoms with Crippen LogP contribution in [0.2, 0.25) is 0 Å². The Kier molecular flexibility index (Phi) is 3.85. The lowest BCUT2D eigenvalue weighted by atomic mass is 10.1. The van der Waals surface area contributed by atoms with Gasteiger partial charge in [0.1, 0.15) is 17.7 Å². The number of nitrogen functional groups attached to an aromatic ring is 1. The van der Waals surface area contributed by atoms with E-state index in [2.05, 4.69) is 10.3 Å². The molecule has 1 aliphatic rings. The van der Waals surface area contributed by atoms with Crippen LogP contribution < -0.4 is 11.1 Å². The van der Waals surface area contributed by atoms with Gasteiger partial charge in [-0.15, -0.1) is 0 Å². The maximum absolute atomic E-state index is 11.4. The average Bonchev–Trinajstić information content (AvgIpc) is 2.39. The van der Waals surface area contributed by atoms with Gasteiger partial charge < -0.3 is 16.0 Å². The molecule has 6 nitrogen and oxygen atoms in total. The molecule has 6 heteroatoms. The van der Waals surface area contributed by atoms with Crippen LogP contribution in [-0.4, -0.2) is 34.9 Å². The molecule has 3 N–H and O–H groups in total. The number of nitrogens with one attached hydrogen (secondary N) is 1. The fourth-order valence-corrected chi connectivity index (χ4v) is 2.24. The number of nitrogens with two attached hydrogens (primary N) is 1. The predicted molar refractivity (Wildman–Crippen MR) is 72.3 cm³/mol. The molecule has 19 heavy (non-hydrogen) atoms. The minimum absolute atomic E-state index is 0.0961. The minimum Gasteiger partial charge on any atom is -0.383 e. The Hall–Kier alpha value is -2.29. The highest BCUT2D eigenvalue weighted by Crippen LogP contribution is 2.17. The third kappa shape index (κ3) is 3.13. The second-order valence-electron chi connectivity index (χ2n) is 4.69. The van der Waals surface area contributed by atoms with E-state index < -0.39 is 0 Å². The van der Waals surface area contributed by atoms with E-state index in [4.69, 9.17) is 11.0 Å². The lowest BCUT2D eigenvalue weighted by molar-refractivity contribution is -0.129. The highest BCUT2D eigenvalue weighted by molar-refractivity contribution is 5.73. The predicted octanol–water partition coefficient (Wildman–Crippen LogP) is 0.958. The van der Waals surface area contributed by atoms with E-state index in [1.54, 1.807) is 19.1 Å². The fraction of sp³-hybridized carbons (Fsp3) is 0.462. The number of hydrogen-bond donors (Lipinski definition) is 2. The Bertz CT molecular complexity index is 522. The summed E-state index contributed by atoms with van der Waals surface area (Å²) in [7, 11) is 0. The van der Waals surface area contributed by atoms with Gasteiger partial charge in [0.15, 0.2) is 0 Å². The first-order valence-electron chi connectivity index (χ1n) is 6.29. The number of carbonyl (C=O) groups excluding carboxylic acids is 1. The van der Waals surface area contributed by atoms with Crippen molar-refractivity contribution in [3.05, 3.63) is 17.7 Å². The van der Waals surface area contributed by atoms with Crippen molar-refractivity contribution in [3.8, 4) is 6.07 Å². The first-order chi connectivity index (χ1) is 9.10. The van der Waals surface area contributed by atoms with Crippen LogP contribution in [0.1, 0.15) is 25.3 Å². The van der Waals surface area contributed by atoms with Gasteiger partial charge >= 0.3 is 0 Å². The van der Waals surface area contributed by atoms with Crippen LogP contribution in [0, 0.1) is 11.3 Å². The Balaban J connectivity index is 2.03. The van der Waals surface area contributed by atoms with E-state index in [1.165, 1.54) is 0 Å². The summed E-state index contributed by atoms with van der Waals surface area (Å²) in [5, 5.41) is 12.1. The first-order valence-corrected chi connectivity index (χ1v) is 6.29. The molecule has 0 spiro atoms. The molecule has 2 heterocycles. The number of amides is 1. The van der Waals surface area contributed by atoms with E-state index in [0.29, 0.717) is 17.9 Å². The summed E-state index contributed by atoms with van der Waals surface area (Å²) >= 11 is 0. The molecule has 0 aliphatic carbocycles. The summed E-state index contributed by atoms with van der Waals surface area (Å²) in [6.45, 7) is 3.08. The van der Waals surface area contributed by atoms with Crippen molar-refractivity contribution in [2.75, 3.05) is 24.1 Å². The smallest absolute Gasteiger partial charge is 0.219 e. The van der Waals surface area contributed by atoms with Gasteiger partial charge in [-0.05, 0) is 25.0 Å². The maximum Gasteiger partial charge on any atom is 0.219 e. The third-order valence-electron chi connectivity index (χ3n) is 3.26. The Labute approximate surface area is 112 Å². The highest BCUT2D eigenvalue weighted by atomic mass is 16.2. The van der Waals surface area contributed by atoms with Gasteiger partial charge in [0.05, 0.1) is 5.56 Å². The summed E-state index contributed by atoms with van der Waals surface area (Å²) in [5.74, 6) is 0.970. The topological polar surface area (TPSA) is 95.0 Å². The molecule has 0 aromatic carbocycles. The number of carbonyl (C=O) groups is 1. The highest BCUT2D eigenvalue weighted by Gasteiger charge is 2.21. The van der Waals surface area contributed by atoms with Crippen molar-refractivity contribution >= 4 is 17.5 Å². The molecule has 1 unspecified atom stereocenters. The van der Waals surface area contributed by atoms with Crippen molar-refractivity contribution in [1.29, 1.82) is 5.26 Å². The standard InChI is InChI=1S/C13H17N5O/c1-9(19)18-6-2-3-11(8-18)16-12-5-4-10(7-14)13(15)17-12/h4-5,11H,2-3,6,8H2,1H3,(H3,15,16,17). The molecule has 1 atom stereocenters. The number of likely N-dealkylation sites (tertiary alicyclic amines) is 1. The molecule has 1 amide bonds. The van der Waals surface area contributed by atoms with Crippen LogP contribution in [0.5, 0.6) is 0 Å². The Morgan fingerprint density at radius 1 is 1.63 bits per heavy atom. The largest absolute Gasteiger partial charge is 0.383 e. The van der Waals surface area contributed by atoms with E-state index in [0.717, 1.165) is 19.4 Å². The quantitative estimate of drug-likeness (QED) is 0.824. The third-order valence-corrected chi connectivity index (χ3v) is 3.26. The molecular weight excluding hydrogens is 242 g/mol. The number of hydrogen-bond acceptors (Lipinski definition) is 5. The average molecular weight is 259 g/mol. The molecule has 1 aromatic rings. The minimum atomic E-state index is 0.0961. The maximum atomic E-state index is 11.4. The molecule has 0 saturated carbocycles. The number of nitriles is 1. The van der Waals surface area contributed by atoms with Gasteiger partial charge in [0, 0.05) is 26.1 Å². The van der Waals surface area contributed by atoms with Gasteiger partial charge in [-0.1, -0.05) is 0 Å². The number of nitrogens with zero attached hydrogens (tertiary/aromatic N) is 3. The van der Waals surface area contributed by atoms with E-state index in [1.807, 2.05) is 11.0 Å². The number of pyridine rings is 1. The monoisotopic (exact) mass is 259 g/mol. The van der Waals surface area contributed by atoms with Crippen LogP contribution >= 0.6 is 0 Å². The van der Waals surface area contributed by atoms with Crippen LogP contribution in [-0.2, 0) is 4.79 Å². The number of piperidine rings is 1. The van der Waals surface area contributed by atoms with Gasteiger partial charge in [-0.3, -0.25) is 4.79 Å². The van der Waals surface area contributed by atoms with Crippen molar-refractivity contribution in [2.45, 2.75) is 25.8 Å². The van der Waals surface area contributed by atoms with Gasteiger partial charge in [0.2, 0.25) is 5.91 Å². The van der Waals surface area contributed by atoms with E-state index >= 15 is 0 Å². The summed E-state index contributed by atoms with van der Waals surface area (Å²) in [4.78, 5) is 17.3. The Morgan fingerprint density at radius 2 is 2.42 bits per heavy atom. The van der Waals surface area contributed by atoms with Gasteiger partial charge in [-0.2, -0.15) is 5.26 Å². The van der Waals surface area contributed by atoms with Crippen molar-refractivity contribution in [3.63, 3.8) is 0 Å². The van der Waals surface area contributed by atoms with Crippen LogP contribution in [0.15, 0.2) is 12.1 Å². The molecule has 1 aliphatic heterocycles. The number of anilines is 2. The fourth-order valence-electron chi connectivity index (χ4n) is 2.24. The Morgan fingerprint density at radius 3 is 3.05 bits per heavy atom. The molecule has 1 fully saturated rings.